The second-order valence-corrected chi connectivity index (χ2v) is 8.19. The molecule has 1 aliphatic carbocycles. The predicted octanol–water partition coefficient (Wildman–Crippen LogP) is 3.77. The predicted molar refractivity (Wildman–Crippen MR) is 120 cm³/mol. The fourth-order valence-corrected chi connectivity index (χ4v) is 4.13. The molecule has 1 aromatic heterocycles. The van der Waals surface area contributed by atoms with Crippen molar-refractivity contribution in [2.24, 2.45) is 0 Å². The van der Waals surface area contributed by atoms with E-state index in [4.69, 9.17) is 18.7 Å². The van der Waals surface area contributed by atoms with Gasteiger partial charge in [0.15, 0.2) is 6.29 Å². The first-order chi connectivity index (χ1) is 15.6. The van der Waals surface area contributed by atoms with Gasteiger partial charge in [-0.1, -0.05) is 42.6 Å². The van der Waals surface area contributed by atoms with Crippen LogP contribution in [0, 0.1) is 6.92 Å². The average Bonchev–Trinajstić information content (AvgIpc) is 3.26. The highest BCUT2D eigenvalue weighted by atomic mass is 16.7. The quantitative estimate of drug-likeness (QED) is 0.363. The standard InChI is InChI=1S/C24H35N3O5/c1-18-25-24(26-32-18)20-9-7-8-19(16-20)12-14-31-15-13-22(28)27(17-23(29-2)30-3)21-10-5-4-6-11-21/h7-9,16,21,23H,4-6,10-15,17H2,1-3H3. The number of methoxy groups -OCH3 is 2. The van der Waals surface area contributed by atoms with Crippen LogP contribution in [0.5, 0.6) is 0 Å². The molecule has 0 spiro atoms. The molecule has 1 heterocycles. The molecule has 2 aromatic rings. The summed E-state index contributed by atoms with van der Waals surface area (Å²) in [5.74, 6) is 1.23. The number of nitrogens with zero attached hydrogens (tertiary/aromatic N) is 3. The van der Waals surface area contributed by atoms with Crippen molar-refractivity contribution in [3.63, 3.8) is 0 Å². The first-order valence-corrected chi connectivity index (χ1v) is 11.4. The lowest BCUT2D eigenvalue weighted by molar-refractivity contribution is -0.151. The van der Waals surface area contributed by atoms with E-state index in [2.05, 4.69) is 10.1 Å². The van der Waals surface area contributed by atoms with E-state index < -0.39 is 6.29 Å². The van der Waals surface area contributed by atoms with Crippen molar-refractivity contribution >= 4 is 5.91 Å². The zero-order chi connectivity index (χ0) is 22.8. The summed E-state index contributed by atoms with van der Waals surface area (Å²) in [6.45, 7) is 3.18. The van der Waals surface area contributed by atoms with Gasteiger partial charge in [0, 0.05) is 32.7 Å². The minimum absolute atomic E-state index is 0.102. The molecule has 176 valence electrons. The third-order valence-corrected chi connectivity index (χ3v) is 5.92. The SMILES string of the molecule is COC(CN(C(=O)CCOCCc1cccc(-c2noc(C)n2)c1)C1CCCCC1)OC. The third kappa shape index (κ3) is 7.12. The summed E-state index contributed by atoms with van der Waals surface area (Å²) in [6, 6.07) is 8.29. The van der Waals surface area contributed by atoms with E-state index in [1.165, 1.54) is 6.42 Å². The Bertz CT molecular complexity index is 831. The normalized spacial score (nSPS) is 14.8. The van der Waals surface area contributed by atoms with E-state index in [0.717, 1.165) is 43.2 Å². The molecule has 1 aromatic carbocycles. The van der Waals surface area contributed by atoms with Crippen LogP contribution in [0.4, 0.5) is 0 Å². The van der Waals surface area contributed by atoms with Gasteiger partial charge in [-0.15, -0.1) is 0 Å². The third-order valence-electron chi connectivity index (χ3n) is 5.92. The van der Waals surface area contributed by atoms with Gasteiger partial charge >= 0.3 is 0 Å². The van der Waals surface area contributed by atoms with Crippen LogP contribution in [-0.4, -0.2) is 67.3 Å². The molecule has 0 unspecified atom stereocenters. The molecule has 0 saturated heterocycles. The number of hydrogen-bond acceptors (Lipinski definition) is 7. The Hall–Kier alpha value is -2.29. The van der Waals surface area contributed by atoms with Gasteiger partial charge in [0.2, 0.25) is 17.6 Å². The highest BCUT2D eigenvalue weighted by molar-refractivity contribution is 5.76. The number of ether oxygens (including phenoxy) is 3. The van der Waals surface area contributed by atoms with Crippen molar-refractivity contribution in [2.45, 2.75) is 64.2 Å². The van der Waals surface area contributed by atoms with Crippen LogP contribution in [0.15, 0.2) is 28.8 Å². The number of hydrogen-bond donors (Lipinski definition) is 0. The van der Waals surface area contributed by atoms with Crippen molar-refractivity contribution in [1.29, 1.82) is 0 Å². The van der Waals surface area contributed by atoms with Crippen molar-refractivity contribution in [3.05, 3.63) is 35.7 Å². The molecule has 1 saturated carbocycles. The van der Waals surface area contributed by atoms with E-state index in [1.807, 2.05) is 29.2 Å². The van der Waals surface area contributed by atoms with Crippen molar-refractivity contribution in [1.82, 2.24) is 15.0 Å². The minimum Gasteiger partial charge on any atom is -0.381 e. The smallest absolute Gasteiger partial charge is 0.225 e. The van der Waals surface area contributed by atoms with Crippen LogP contribution in [0.2, 0.25) is 0 Å². The van der Waals surface area contributed by atoms with Gasteiger partial charge in [-0.05, 0) is 30.9 Å². The number of amides is 1. The summed E-state index contributed by atoms with van der Waals surface area (Å²) in [5, 5.41) is 3.97. The van der Waals surface area contributed by atoms with Gasteiger partial charge < -0.3 is 23.6 Å². The molecule has 0 aliphatic heterocycles. The molecular formula is C24H35N3O5. The van der Waals surface area contributed by atoms with E-state index >= 15 is 0 Å². The number of benzene rings is 1. The van der Waals surface area contributed by atoms with Crippen LogP contribution in [0.25, 0.3) is 11.4 Å². The van der Waals surface area contributed by atoms with Crippen molar-refractivity contribution < 1.29 is 23.5 Å². The summed E-state index contributed by atoms with van der Waals surface area (Å²) in [7, 11) is 3.21. The second-order valence-electron chi connectivity index (χ2n) is 8.19. The lowest BCUT2D eigenvalue weighted by Crippen LogP contribution is -2.46. The molecule has 3 rings (SSSR count). The van der Waals surface area contributed by atoms with Gasteiger partial charge in [-0.3, -0.25) is 4.79 Å². The first-order valence-electron chi connectivity index (χ1n) is 11.4. The fourth-order valence-electron chi connectivity index (χ4n) is 4.13. The Morgan fingerprint density at radius 2 is 1.97 bits per heavy atom. The van der Waals surface area contributed by atoms with E-state index in [0.29, 0.717) is 37.9 Å². The van der Waals surface area contributed by atoms with Gasteiger partial charge in [0.05, 0.1) is 26.2 Å². The van der Waals surface area contributed by atoms with E-state index in [1.54, 1.807) is 21.1 Å². The van der Waals surface area contributed by atoms with Gasteiger partial charge in [0.25, 0.3) is 0 Å². The molecule has 1 amide bonds. The van der Waals surface area contributed by atoms with Crippen molar-refractivity contribution in [3.8, 4) is 11.4 Å². The summed E-state index contributed by atoms with van der Waals surface area (Å²) < 4.78 is 21.5. The molecule has 1 aliphatic rings. The number of aryl methyl sites for hydroxylation is 1. The highest BCUT2D eigenvalue weighted by Crippen LogP contribution is 2.24. The number of aromatic nitrogens is 2. The van der Waals surface area contributed by atoms with E-state index in [-0.39, 0.29) is 11.9 Å². The van der Waals surface area contributed by atoms with Crippen LogP contribution in [-0.2, 0) is 25.4 Å². The Kier molecular flexibility index (Phi) is 9.64. The number of rotatable bonds is 12. The van der Waals surface area contributed by atoms with Crippen LogP contribution in [0.3, 0.4) is 0 Å². The Balaban J connectivity index is 1.45. The number of carbonyl (C=O) groups is 1. The molecule has 32 heavy (non-hydrogen) atoms. The average molecular weight is 446 g/mol. The molecular weight excluding hydrogens is 410 g/mol. The molecule has 1 fully saturated rings. The Labute approximate surface area is 190 Å². The summed E-state index contributed by atoms with van der Waals surface area (Å²) in [5.41, 5.74) is 2.05. The largest absolute Gasteiger partial charge is 0.381 e. The maximum Gasteiger partial charge on any atom is 0.225 e. The Morgan fingerprint density at radius 1 is 1.19 bits per heavy atom. The lowest BCUT2D eigenvalue weighted by Gasteiger charge is -2.36. The molecule has 0 radical (unpaired) electrons. The summed E-state index contributed by atoms with van der Waals surface area (Å²) in [6.07, 6.45) is 6.37. The van der Waals surface area contributed by atoms with Crippen LogP contribution < -0.4 is 0 Å². The maximum atomic E-state index is 13.0. The highest BCUT2D eigenvalue weighted by Gasteiger charge is 2.27. The van der Waals surface area contributed by atoms with Gasteiger partial charge in [0.1, 0.15) is 0 Å². The van der Waals surface area contributed by atoms with Gasteiger partial charge in [-0.2, -0.15) is 4.98 Å². The van der Waals surface area contributed by atoms with E-state index in [9.17, 15) is 4.79 Å². The molecule has 0 N–H and O–H groups in total. The zero-order valence-corrected chi connectivity index (χ0v) is 19.4. The minimum atomic E-state index is -0.405. The van der Waals surface area contributed by atoms with Gasteiger partial charge in [-0.25, -0.2) is 0 Å². The molecule has 8 heteroatoms. The summed E-state index contributed by atoms with van der Waals surface area (Å²) >= 11 is 0. The number of carbonyl (C=O) groups excluding carboxylic acids is 1. The molecule has 0 bridgehead atoms. The summed E-state index contributed by atoms with van der Waals surface area (Å²) in [4.78, 5) is 19.2. The molecule has 8 nitrogen and oxygen atoms in total. The lowest BCUT2D eigenvalue weighted by atomic mass is 9.94. The van der Waals surface area contributed by atoms with Crippen LogP contribution >= 0.6 is 0 Å². The monoisotopic (exact) mass is 445 g/mol. The topological polar surface area (TPSA) is 86.9 Å². The second kappa shape index (κ2) is 12.7. The van der Waals surface area contributed by atoms with Crippen LogP contribution in [0.1, 0.15) is 50.0 Å². The van der Waals surface area contributed by atoms with Crippen molar-refractivity contribution in [2.75, 3.05) is 34.0 Å². The fraction of sp³-hybridized carbons (Fsp3) is 0.625. The zero-order valence-electron chi connectivity index (χ0n) is 19.4. The Morgan fingerprint density at radius 3 is 2.66 bits per heavy atom. The maximum absolute atomic E-state index is 13.0. The first kappa shape index (κ1) is 24.4. The molecule has 0 atom stereocenters.